The molecule has 0 saturated carbocycles. The molecular weight excluding hydrogens is 202 g/mol. The van der Waals surface area contributed by atoms with E-state index in [1.54, 1.807) is 24.3 Å². The molecule has 0 atom stereocenters. The second kappa shape index (κ2) is 4.74. The van der Waals surface area contributed by atoms with Crippen molar-refractivity contribution >= 4 is 10.1 Å². The van der Waals surface area contributed by atoms with Crippen LogP contribution in [0.15, 0.2) is 35.2 Å². The average Bonchev–Trinajstić information content (AvgIpc) is 2.19. The molecule has 1 aromatic rings. The Bertz CT molecular complexity index is 419. The van der Waals surface area contributed by atoms with Gasteiger partial charge >= 0.3 is 0 Å². The van der Waals surface area contributed by atoms with Gasteiger partial charge in [0.15, 0.2) is 0 Å². The smallest absolute Gasteiger partial charge is 0.265 e. The van der Waals surface area contributed by atoms with Gasteiger partial charge in [0.25, 0.3) is 10.1 Å². The number of hydrogen-bond donors (Lipinski definition) is 0. The molecule has 1 rings (SSSR count). The lowest BCUT2D eigenvalue weighted by Gasteiger charge is -2.02. The minimum atomic E-state index is -3.68. The summed E-state index contributed by atoms with van der Waals surface area (Å²) >= 11 is 0. The Morgan fingerprint density at radius 2 is 1.93 bits per heavy atom. The number of nitrogens with zero attached hydrogens (tertiary/aromatic N) is 1. The molecule has 0 aromatic heterocycles. The fourth-order valence-electron chi connectivity index (χ4n) is 0.852. The van der Waals surface area contributed by atoms with E-state index in [9.17, 15) is 8.42 Å². The van der Waals surface area contributed by atoms with E-state index < -0.39 is 10.1 Å². The van der Waals surface area contributed by atoms with E-state index >= 15 is 0 Å². The van der Waals surface area contributed by atoms with Crippen LogP contribution in [-0.2, 0) is 14.3 Å². The maximum absolute atomic E-state index is 11.4. The predicted molar refractivity (Wildman–Crippen MR) is 49.8 cm³/mol. The SMILES string of the molecule is N#CCCOS(=O)(=O)c1ccccc1. The third kappa shape index (κ3) is 2.83. The highest BCUT2D eigenvalue weighted by Crippen LogP contribution is 2.10. The highest BCUT2D eigenvalue weighted by molar-refractivity contribution is 7.86. The van der Waals surface area contributed by atoms with Crippen LogP contribution in [0, 0.1) is 11.3 Å². The summed E-state index contributed by atoms with van der Waals surface area (Å²) in [5.74, 6) is 0. The van der Waals surface area contributed by atoms with Gasteiger partial charge in [0, 0.05) is 0 Å². The Balaban J connectivity index is 2.73. The molecule has 0 aliphatic heterocycles. The number of benzene rings is 1. The molecule has 0 spiro atoms. The van der Waals surface area contributed by atoms with Crippen LogP contribution in [0.5, 0.6) is 0 Å². The standard InChI is InChI=1S/C9H9NO3S/c10-7-4-8-13-14(11,12)9-5-2-1-3-6-9/h1-3,5-6H,4,8H2. The van der Waals surface area contributed by atoms with Crippen LogP contribution in [-0.4, -0.2) is 15.0 Å². The summed E-state index contributed by atoms with van der Waals surface area (Å²) in [6.45, 7) is -0.103. The molecule has 0 bridgehead atoms. The molecule has 74 valence electrons. The van der Waals surface area contributed by atoms with Gasteiger partial charge in [-0.1, -0.05) is 18.2 Å². The summed E-state index contributed by atoms with van der Waals surface area (Å²) in [7, 11) is -3.68. The van der Waals surface area contributed by atoms with Crippen molar-refractivity contribution in [3.63, 3.8) is 0 Å². The quantitative estimate of drug-likeness (QED) is 0.556. The van der Waals surface area contributed by atoms with Crippen molar-refractivity contribution in [3.05, 3.63) is 30.3 Å². The summed E-state index contributed by atoms with van der Waals surface area (Å²) in [4.78, 5) is 0.109. The van der Waals surface area contributed by atoms with Gasteiger partial charge in [0.1, 0.15) is 0 Å². The van der Waals surface area contributed by atoms with Gasteiger partial charge in [0.05, 0.1) is 24.0 Å². The van der Waals surface area contributed by atoms with E-state index in [2.05, 4.69) is 4.18 Å². The zero-order chi connectivity index (χ0) is 10.4. The minimum Gasteiger partial charge on any atom is -0.265 e. The molecule has 1 aromatic carbocycles. The second-order valence-corrected chi connectivity index (χ2v) is 4.11. The summed E-state index contributed by atoms with van der Waals surface area (Å²) in [5.41, 5.74) is 0. The monoisotopic (exact) mass is 211 g/mol. The third-order valence-corrected chi connectivity index (χ3v) is 2.81. The van der Waals surface area contributed by atoms with E-state index in [-0.39, 0.29) is 17.9 Å². The van der Waals surface area contributed by atoms with Gasteiger partial charge in [-0.2, -0.15) is 13.7 Å². The van der Waals surface area contributed by atoms with Crippen LogP contribution in [0.4, 0.5) is 0 Å². The van der Waals surface area contributed by atoms with Crippen molar-refractivity contribution < 1.29 is 12.6 Å². The summed E-state index contributed by atoms with van der Waals surface area (Å²) < 4.78 is 27.4. The molecule has 0 aliphatic rings. The summed E-state index contributed by atoms with van der Waals surface area (Å²) in [6.07, 6.45) is 0.0616. The molecule has 0 heterocycles. The minimum absolute atomic E-state index is 0.0616. The highest BCUT2D eigenvalue weighted by atomic mass is 32.2. The lowest BCUT2D eigenvalue weighted by molar-refractivity contribution is 0.326. The maximum atomic E-state index is 11.4. The van der Waals surface area contributed by atoms with Crippen LogP contribution < -0.4 is 0 Å². The van der Waals surface area contributed by atoms with E-state index in [0.717, 1.165) is 0 Å². The Kier molecular flexibility index (Phi) is 3.63. The van der Waals surface area contributed by atoms with E-state index in [1.807, 2.05) is 0 Å². The molecule has 14 heavy (non-hydrogen) atoms. The van der Waals surface area contributed by atoms with Gasteiger partial charge in [-0.15, -0.1) is 0 Å². The lowest BCUT2D eigenvalue weighted by atomic mass is 10.4. The van der Waals surface area contributed by atoms with Gasteiger partial charge in [-0.05, 0) is 12.1 Å². The van der Waals surface area contributed by atoms with Crippen molar-refractivity contribution in [2.24, 2.45) is 0 Å². The second-order valence-electron chi connectivity index (χ2n) is 2.50. The van der Waals surface area contributed by atoms with Crippen LogP contribution in [0.3, 0.4) is 0 Å². The topological polar surface area (TPSA) is 67.2 Å². The molecule has 0 aliphatic carbocycles. The van der Waals surface area contributed by atoms with Crippen molar-refractivity contribution in [1.29, 1.82) is 5.26 Å². The van der Waals surface area contributed by atoms with E-state index in [0.29, 0.717) is 0 Å². The first kappa shape index (κ1) is 10.7. The average molecular weight is 211 g/mol. The number of nitriles is 1. The third-order valence-electron chi connectivity index (χ3n) is 1.48. The lowest BCUT2D eigenvalue weighted by Crippen LogP contribution is -2.06. The molecule has 4 nitrogen and oxygen atoms in total. The molecular formula is C9H9NO3S. The summed E-state index contributed by atoms with van der Waals surface area (Å²) in [6, 6.07) is 9.63. The maximum Gasteiger partial charge on any atom is 0.297 e. The number of hydrogen-bond acceptors (Lipinski definition) is 4. The Labute approximate surface area is 82.9 Å². The number of rotatable bonds is 4. The molecule has 0 amide bonds. The Morgan fingerprint density at radius 1 is 1.29 bits per heavy atom. The molecule has 0 saturated heterocycles. The van der Waals surface area contributed by atoms with Crippen LogP contribution in [0.1, 0.15) is 6.42 Å². The molecule has 0 N–H and O–H groups in total. The van der Waals surface area contributed by atoms with Crippen molar-refractivity contribution in [2.45, 2.75) is 11.3 Å². The van der Waals surface area contributed by atoms with Gasteiger partial charge in [-0.25, -0.2) is 0 Å². The molecule has 0 fully saturated rings. The zero-order valence-electron chi connectivity index (χ0n) is 7.38. The van der Waals surface area contributed by atoms with E-state index in [4.69, 9.17) is 5.26 Å². The van der Waals surface area contributed by atoms with Crippen LogP contribution in [0.2, 0.25) is 0 Å². The largest absolute Gasteiger partial charge is 0.297 e. The first-order valence-corrected chi connectivity index (χ1v) is 5.39. The van der Waals surface area contributed by atoms with Gasteiger partial charge in [0.2, 0.25) is 0 Å². The molecule has 0 radical (unpaired) electrons. The molecule has 0 unspecified atom stereocenters. The molecule has 5 heteroatoms. The summed E-state index contributed by atoms with van der Waals surface area (Å²) in [5, 5.41) is 8.21. The zero-order valence-corrected chi connectivity index (χ0v) is 8.20. The first-order valence-electron chi connectivity index (χ1n) is 3.98. The van der Waals surface area contributed by atoms with Crippen molar-refractivity contribution in [3.8, 4) is 6.07 Å². The van der Waals surface area contributed by atoms with Crippen LogP contribution in [0.25, 0.3) is 0 Å². The van der Waals surface area contributed by atoms with Gasteiger partial charge in [-0.3, -0.25) is 4.18 Å². The van der Waals surface area contributed by atoms with E-state index in [1.165, 1.54) is 12.1 Å². The fourth-order valence-corrected chi connectivity index (χ4v) is 1.78. The Morgan fingerprint density at radius 3 is 2.50 bits per heavy atom. The van der Waals surface area contributed by atoms with Crippen molar-refractivity contribution in [2.75, 3.05) is 6.61 Å². The van der Waals surface area contributed by atoms with Crippen LogP contribution >= 0.6 is 0 Å². The first-order chi connectivity index (χ1) is 6.67. The van der Waals surface area contributed by atoms with Gasteiger partial charge < -0.3 is 0 Å². The normalized spacial score (nSPS) is 10.8. The Hall–Kier alpha value is -1.38. The van der Waals surface area contributed by atoms with Crippen molar-refractivity contribution in [1.82, 2.24) is 0 Å². The fraction of sp³-hybridized carbons (Fsp3) is 0.222. The highest BCUT2D eigenvalue weighted by Gasteiger charge is 2.13. The predicted octanol–water partition coefficient (Wildman–Crippen LogP) is 1.31.